The summed E-state index contributed by atoms with van der Waals surface area (Å²) in [6, 6.07) is 21.6. The normalized spacial score (nSPS) is 10.9. The fourth-order valence-electron chi connectivity index (χ4n) is 3.05. The number of hydrogen-bond acceptors (Lipinski definition) is 5. The molecule has 5 nitrogen and oxygen atoms in total. The van der Waals surface area contributed by atoms with Crippen molar-refractivity contribution in [1.29, 1.82) is 5.26 Å². The molecular weight excluding hydrogens is 398 g/mol. The number of carboxylic acids is 1. The number of aromatic hydroxyl groups is 1. The fourth-order valence-corrected chi connectivity index (χ4v) is 4.25. The quantitative estimate of drug-likeness (QED) is 0.390. The Labute approximate surface area is 176 Å². The van der Waals surface area contributed by atoms with Gasteiger partial charge in [0.1, 0.15) is 11.5 Å². The monoisotopic (exact) mass is 413 g/mol. The molecule has 0 aliphatic rings. The molecule has 0 unspecified atom stereocenters. The number of carbonyl (C=O) groups is 1. The predicted molar refractivity (Wildman–Crippen MR) is 117 cm³/mol. The molecule has 4 rings (SSSR count). The Morgan fingerprint density at radius 2 is 1.83 bits per heavy atom. The minimum Gasteiger partial charge on any atom is -0.508 e. The van der Waals surface area contributed by atoms with Crippen LogP contribution in [0.15, 0.2) is 72.8 Å². The third kappa shape index (κ3) is 3.88. The average Bonchev–Trinajstić information content (AvgIpc) is 3.10. The van der Waals surface area contributed by atoms with Crippen molar-refractivity contribution < 1.29 is 19.7 Å². The minimum atomic E-state index is -1.01. The van der Waals surface area contributed by atoms with Gasteiger partial charge in [0, 0.05) is 21.7 Å². The van der Waals surface area contributed by atoms with Gasteiger partial charge < -0.3 is 14.9 Å². The summed E-state index contributed by atoms with van der Waals surface area (Å²) in [6.45, 7) is 0. The zero-order chi connectivity index (χ0) is 21.1. The van der Waals surface area contributed by atoms with E-state index in [9.17, 15) is 15.2 Å². The number of benzene rings is 3. The zero-order valence-electron chi connectivity index (χ0n) is 15.6. The SMILES string of the molecule is N#Cc1ccccc1-c1sc2cc(O)ccc2c1Oc1ccc(C=CC(=O)O)cc1. The summed E-state index contributed by atoms with van der Waals surface area (Å²) >= 11 is 1.44. The smallest absolute Gasteiger partial charge is 0.328 e. The topological polar surface area (TPSA) is 90.5 Å². The molecule has 30 heavy (non-hydrogen) atoms. The van der Waals surface area contributed by atoms with E-state index in [1.54, 1.807) is 48.5 Å². The van der Waals surface area contributed by atoms with Gasteiger partial charge in [-0.2, -0.15) is 5.26 Å². The zero-order valence-corrected chi connectivity index (χ0v) is 16.4. The molecule has 1 heterocycles. The van der Waals surface area contributed by atoms with Crippen LogP contribution in [0.5, 0.6) is 17.2 Å². The second-order valence-corrected chi connectivity index (χ2v) is 7.49. The number of rotatable bonds is 5. The molecule has 2 N–H and O–H groups in total. The molecule has 0 saturated carbocycles. The van der Waals surface area contributed by atoms with Gasteiger partial charge >= 0.3 is 5.97 Å². The number of fused-ring (bicyclic) bond motifs is 1. The molecule has 0 spiro atoms. The number of ether oxygens (including phenoxy) is 1. The van der Waals surface area contributed by atoms with E-state index in [-0.39, 0.29) is 5.75 Å². The summed E-state index contributed by atoms with van der Waals surface area (Å²) in [4.78, 5) is 11.5. The summed E-state index contributed by atoms with van der Waals surface area (Å²) in [5.74, 6) is 0.326. The summed E-state index contributed by atoms with van der Waals surface area (Å²) in [6.07, 6.45) is 2.58. The molecule has 0 radical (unpaired) electrons. The molecule has 0 aliphatic carbocycles. The van der Waals surface area contributed by atoms with Crippen LogP contribution in [-0.4, -0.2) is 16.2 Å². The molecule has 0 aliphatic heterocycles. The predicted octanol–water partition coefficient (Wildman–Crippen LogP) is 6.04. The number of aliphatic carboxylic acids is 1. The molecule has 0 bridgehead atoms. The van der Waals surface area contributed by atoms with Gasteiger partial charge in [0.25, 0.3) is 0 Å². The first-order valence-electron chi connectivity index (χ1n) is 8.99. The highest BCUT2D eigenvalue weighted by atomic mass is 32.1. The Balaban J connectivity index is 1.80. The van der Waals surface area contributed by atoms with Crippen molar-refractivity contribution in [2.24, 2.45) is 0 Å². The van der Waals surface area contributed by atoms with Gasteiger partial charge in [-0.1, -0.05) is 30.3 Å². The molecule has 0 saturated heterocycles. The Hall–Kier alpha value is -4.08. The highest BCUT2D eigenvalue weighted by molar-refractivity contribution is 7.22. The van der Waals surface area contributed by atoms with Crippen molar-refractivity contribution in [3.8, 4) is 33.8 Å². The number of phenolic OH excluding ortho intramolecular Hbond substituents is 1. The van der Waals surface area contributed by atoms with E-state index in [2.05, 4.69) is 6.07 Å². The van der Waals surface area contributed by atoms with Crippen LogP contribution in [0.1, 0.15) is 11.1 Å². The molecule has 0 fully saturated rings. The first kappa shape index (κ1) is 19.2. The maximum atomic E-state index is 10.7. The van der Waals surface area contributed by atoms with E-state index >= 15 is 0 Å². The lowest BCUT2D eigenvalue weighted by atomic mass is 10.1. The maximum absolute atomic E-state index is 10.7. The largest absolute Gasteiger partial charge is 0.508 e. The van der Waals surface area contributed by atoms with Gasteiger partial charge in [0.15, 0.2) is 5.75 Å². The van der Waals surface area contributed by atoms with E-state index in [1.165, 1.54) is 17.4 Å². The van der Waals surface area contributed by atoms with Crippen molar-refractivity contribution in [3.63, 3.8) is 0 Å². The fraction of sp³-hybridized carbons (Fsp3) is 0. The van der Waals surface area contributed by atoms with E-state index < -0.39 is 5.97 Å². The summed E-state index contributed by atoms with van der Waals surface area (Å²) in [7, 11) is 0. The van der Waals surface area contributed by atoms with Crippen LogP contribution < -0.4 is 4.74 Å². The summed E-state index contributed by atoms with van der Waals surface area (Å²) in [5, 5.41) is 29.0. The highest BCUT2D eigenvalue weighted by Gasteiger charge is 2.19. The first-order valence-corrected chi connectivity index (χ1v) is 9.81. The van der Waals surface area contributed by atoms with E-state index in [0.29, 0.717) is 17.1 Å². The second kappa shape index (κ2) is 8.11. The van der Waals surface area contributed by atoms with Crippen molar-refractivity contribution in [1.82, 2.24) is 0 Å². The van der Waals surface area contributed by atoms with Crippen LogP contribution in [-0.2, 0) is 4.79 Å². The number of thiophene rings is 1. The standard InChI is InChI=1S/C24H15NO4S/c25-14-16-3-1-2-4-19(16)24-23(20-11-8-17(26)13-21(20)30-24)29-18-9-5-15(6-10-18)7-12-22(27)28/h1-13,26H,(H,27,28). The molecular formula is C24H15NO4S. The second-order valence-electron chi connectivity index (χ2n) is 6.44. The van der Waals surface area contributed by atoms with Crippen LogP contribution in [0.4, 0.5) is 0 Å². The van der Waals surface area contributed by atoms with E-state index in [1.807, 2.05) is 18.2 Å². The molecule has 0 amide bonds. The molecule has 1 aromatic heterocycles. The molecule has 0 atom stereocenters. The number of nitriles is 1. The number of carboxylic acid groups (broad SMARTS) is 1. The van der Waals surface area contributed by atoms with Crippen molar-refractivity contribution in [2.75, 3.05) is 0 Å². The molecule has 4 aromatic rings. The van der Waals surface area contributed by atoms with Crippen molar-refractivity contribution >= 4 is 33.5 Å². The van der Waals surface area contributed by atoms with Crippen LogP contribution in [0.2, 0.25) is 0 Å². The van der Waals surface area contributed by atoms with Gasteiger partial charge in [-0.05, 0) is 48.0 Å². The lowest BCUT2D eigenvalue weighted by Gasteiger charge is -2.09. The third-order valence-corrected chi connectivity index (χ3v) is 5.61. The Kier molecular flexibility index (Phi) is 5.21. The Bertz CT molecular complexity index is 1310. The van der Waals surface area contributed by atoms with Gasteiger partial charge in [0.05, 0.1) is 16.5 Å². The van der Waals surface area contributed by atoms with E-state index in [0.717, 1.165) is 32.2 Å². The lowest BCUT2D eigenvalue weighted by molar-refractivity contribution is -0.131. The Morgan fingerprint density at radius 1 is 1.07 bits per heavy atom. The van der Waals surface area contributed by atoms with Gasteiger partial charge in [-0.25, -0.2) is 4.79 Å². The first-order chi connectivity index (χ1) is 14.5. The van der Waals surface area contributed by atoms with Crippen molar-refractivity contribution in [2.45, 2.75) is 0 Å². The van der Waals surface area contributed by atoms with Crippen LogP contribution in [0.3, 0.4) is 0 Å². The number of phenols is 1. The van der Waals surface area contributed by atoms with Crippen molar-refractivity contribution in [3.05, 3.63) is 83.9 Å². The minimum absolute atomic E-state index is 0.157. The molecule has 3 aromatic carbocycles. The third-order valence-electron chi connectivity index (χ3n) is 4.44. The average molecular weight is 413 g/mol. The number of hydrogen-bond donors (Lipinski definition) is 2. The lowest BCUT2D eigenvalue weighted by Crippen LogP contribution is -1.88. The molecule has 146 valence electrons. The van der Waals surface area contributed by atoms with Crippen LogP contribution in [0.25, 0.3) is 26.6 Å². The van der Waals surface area contributed by atoms with Gasteiger partial charge in [-0.15, -0.1) is 11.3 Å². The number of nitrogens with zero attached hydrogens (tertiary/aromatic N) is 1. The van der Waals surface area contributed by atoms with Crippen LogP contribution in [0, 0.1) is 11.3 Å². The van der Waals surface area contributed by atoms with Gasteiger partial charge in [0.2, 0.25) is 0 Å². The highest BCUT2D eigenvalue weighted by Crippen LogP contribution is 2.47. The summed E-state index contributed by atoms with van der Waals surface area (Å²) in [5.41, 5.74) is 2.03. The maximum Gasteiger partial charge on any atom is 0.328 e. The summed E-state index contributed by atoms with van der Waals surface area (Å²) < 4.78 is 7.06. The Morgan fingerprint density at radius 3 is 2.57 bits per heavy atom. The van der Waals surface area contributed by atoms with Gasteiger partial charge in [-0.3, -0.25) is 0 Å². The van der Waals surface area contributed by atoms with Crippen LogP contribution >= 0.6 is 11.3 Å². The molecule has 6 heteroatoms. The van der Waals surface area contributed by atoms with E-state index in [4.69, 9.17) is 9.84 Å².